The zero-order chi connectivity index (χ0) is 13.9. The van der Waals surface area contributed by atoms with Crippen molar-refractivity contribution in [2.24, 2.45) is 7.05 Å². The first-order valence-electron chi connectivity index (χ1n) is 6.46. The average molecular weight is 259 g/mol. The second-order valence-electron chi connectivity index (χ2n) is 5.12. The van der Waals surface area contributed by atoms with Gasteiger partial charge in [0.25, 0.3) is 0 Å². The van der Waals surface area contributed by atoms with Crippen LogP contribution in [0.5, 0.6) is 0 Å². The molecule has 0 spiro atoms. The first-order chi connectivity index (χ1) is 9.05. The van der Waals surface area contributed by atoms with Gasteiger partial charge in [-0.1, -0.05) is 30.3 Å². The molecule has 0 bridgehead atoms. The van der Waals surface area contributed by atoms with Gasteiger partial charge in [0.2, 0.25) is 0 Å². The molecular formula is C15H21N3O. The van der Waals surface area contributed by atoms with Crippen molar-refractivity contribution in [2.75, 3.05) is 6.61 Å². The van der Waals surface area contributed by atoms with E-state index in [-0.39, 0.29) is 6.61 Å². The highest BCUT2D eigenvalue weighted by atomic mass is 16.3. The number of nitrogens with zero attached hydrogens (tertiary/aromatic N) is 2. The zero-order valence-corrected chi connectivity index (χ0v) is 11.7. The summed E-state index contributed by atoms with van der Waals surface area (Å²) in [7, 11) is 1.92. The molecule has 1 atom stereocenters. The van der Waals surface area contributed by atoms with E-state index in [0.717, 1.165) is 16.8 Å². The monoisotopic (exact) mass is 259 g/mol. The fourth-order valence-corrected chi connectivity index (χ4v) is 2.17. The summed E-state index contributed by atoms with van der Waals surface area (Å²) in [6.07, 6.45) is 2.01. The summed E-state index contributed by atoms with van der Waals surface area (Å²) in [5, 5.41) is 17.5. The SMILES string of the molecule is Cc1nn(C)cc1CNC(C)(CO)c1ccccc1. The molecule has 0 saturated carbocycles. The van der Waals surface area contributed by atoms with E-state index in [2.05, 4.69) is 10.4 Å². The maximum Gasteiger partial charge on any atom is 0.0652 e. The van der Waals surface area contributed by atoms with Gasteiger partial charge in [-0.25, -0.2) is 0 Å². The molecule has 0 saturated heterocycles. The van der Waals surface area contributed by atoms with E-state index in [0.29, 0.717) is 6.54 Å². The highest BCUT2D eigenvalue weighted by molar-refractivity contribution is 5.24. The van der Waals surface area contributed by atoms with Gasteiger partial charge in [-0.05, 0) is 19.4 Å². The number of hydrogen-bond acceptors (Lipinski definition) is 3. The fraction of sp³-hybridized carbons (Fsp3) is 0.400. The Morgan fingerprint density at radius 1 is 1.32 bits per heavy atom. The number of aromatic nitrogens is 2. The number of aliphatic hydroxyl groups is 1. The number of hydrogen-bond donors (Lipinski definition) is 2. The van der Waals surface area contributed by atoms with Gasteiger partial charge in [0.15, 0.2) is 0 Å². The van der Waals surface area contributed by atoms with Crippen LogP contribution in [0, 0.1) is 6.92 Å². The highest BCUT2D eigenvalue weighted by Crippen LogP contribution is 2.20. The molecule has 4 heteroatoms. The van der Waals surface area contributed by atoms with E-state index < -0.39 is 5.54 Å². The van der Waals surface area contributed by atoms with Crippen LogP contribution in [0.4, 0.5) is 0 Å². The van der Waals surface area contributed by atoms with Gasteiger partial charge in [-0.2, -0.15) is 5.10 Å². The molecule has 1 unspecified atom stereocenters. The third-order valence-electron chi connectivity index (χ3n) is 3.51. The molecule has 0 aliphatic rings. The first kappa shape index (κ1) is 13.8. The Bertz CT molecular complexity index is 536. The molecule has 1 aromatic carbocycles. The van der Waals surface area contributed by atoms with Crippen LogP contribution in [0.1, 0.15) is 23.7 Å². The Labute approximate surface area is 114 Å². The van der Waals surface area contributed by atoms with E-state index in [4.69, 9.17) is 0 Å². The van der Waals surface area contributed by atoms with E-state index in [9.17, 15) is 5.11 Å². The molecule has 2 rings (SSSR count). The molecule has 1 heterocycles. The van der Waals surface area contributed by atoms with Crippen molar-refractivity contribution in [1.29, 1.82) is 0 Å². The maximum absolute atomic E-state index is 9.71. The van der Waals surface area contributed by atoms with Crippen molar-refractivity contribution in [3.8, 4) is 0 Å². The van der Waals surface area contributed by atoms with Crippen LogP contribution < -0.4 is 5.32 Å². The van der Waals surface area contributed by atoms with Crippen LogP contribution in [-0.2, 0) is 19.1 Å². The molecule has 19 heavy (non-hydrogen) atoms. The van der Waals surface area contributed by atoms with Crippen LogP contribution in [-0.4, -0.2) is 21.5 Å². The first-order valence-corrected chi connectivity index (χ1v) is 6.46. The lowest BCUT2D eigenvalue weighted by Gasteiger charge is -2.29. The highest BCUT2D eigenvalue weighted by Gasteiger charge is 2.25. The number of aryl methyl sites for hydroxylation is 2. The lowest BCUT2D eigenvalue weighted by atomic mass is 9.92. The van der Waals surface area contributed by atoms with Crippen LogP contribution in [0.3, 0.4) is 0 Å². The van der Waals surface area contributed by atoms with Crippen LogP contribution in [0.25, 0.3) is 0 Å². The normalized spacial score (nSPS) is 14.3. The third kappa shape index (κ3) is 3.03. The summed E-state index contributed by atoms with van der Waals surface area (Å²) in [5.74, 6) is 0. The third-order valence-corrected chi connectivity index (χ3v) is 3.51. The summed E-state index contributed by atoms with van der Waals surface area (Å²) >= 11 is 0. The zero-order valence-electron chi connectivity index (χ0n) is 11.7. The Morgan fingerprint density at radius 3 is 2.53 bits per heavy atom. The standard InChI is InChI=1S/C15H21N3O/c1-12-13(10-18(3)17-12)9-16-15(2,11-19)14-7-5-4-6-8-14/h4-8,10,16,19H,9,11H2,1-3H3. The summed E-state index contributed by atoms with van der Waals surface area (Å²) in [6, 6.07) is 10.0. The second-order valence-corrected chi connectivity index (χ2v) is 5.12. The molecule has 4 nitrogen and oxygen atoms in total. The van der Waals surface area contributed by atoms with Gasteiger partial charge < -0.3 is 10.4 Å². The fourth-order valence-electron chi connectivity index (χ4n) is 2.17. The largest absolute Gasteiger partial charge is 0.394 e. The average Bonchev–Trinajstić information content (AvgIpc) is 2.75. The number of benzene rings is 1. The van der Waals surface area contributed by atoms with Gasteiger partial charge in [0.1, 0.15) is 0 Å². The molecule has 2 aromatic rings. The Balaban J connectivity index is 2.13. The van der Waals surface area contributed by atoms with E-state index in [1.54, 1.807) is 0 Å². The van der Waals surface area contributed by atoms with Gasteiger partial charge in [0, 0.05) is 25.4 Å². The minimum Gasteiger partial charge on any atom is -0.394 e. The second kappa shape index (κ2) is 5.55. The maximum atomic E-state index is 9.71. The minimum absolute atomic E-state index is 0.0519. The van der Waals surface area contributed by atoms with Crippen molar-refractivity contribution in [3.05, 3.63) is 53.3 Å². The van der Waals surface area contributed by atoms with Crippen LogP contribution in [0.2, 0.25) is 0 Å². The summed E-state index contributed by atoms with van der Waals surface area (Å²) in [5.41, 5.74) is 2.81. The van der Waals surface area contributed by atoms with Crippen molar-refractivity contribution < 1.29 is 5.11 Å². The topological polar surface area (TPSA) is 50.1 Å². The molecule has 0 aliphatic heterocycles. The Morgan fingerprint density at radius 2 is 2.00 bits per heavy atom. The van der Waals surface area contributed by atoms with E-state index in [1.807, 2.05) is 62.1 Å². The smallest absolute Gasteiger partial charge is 0.0652 e. The predicted molar refractivity (Wildman–Crippen MR) is 75.7 cm³/mol. The molecule has 0 radical (unpaired) electrons. The summed E-state index contributed by atoms with van der Waals surface area (Å²) < 4.78 is 1.81. The molecule has 102 valence electrons. The molecule has 0 aliphatic carbocycles. The lowest BCUT2D eigenvalue weighted by Crippen LogP contribution is -2.42. The summed E-state index contributed by atoms with van der Waals surface area (Å²) in [6.45, 7) is 4.74. The van der Waals surface area contributed by atoms with Crippen LogP contribution in [0.15, 0.2) is 36.5 Å². The van der Waals surface area contributed by atoms with Gasteiger partial charge in [-0.3, -0.25) is 4.68 Å². The molecule has 2 N–H and O–H groups in total. The molecular weight excluding hydrogens is 238 g/mol. The lowest BCUT2D eigenvalue weighted by molar-refractivity contribution is 0.173. The van der Waals surface area contributed by atoms with Gasteiger partial charge in [-0.15, -0.1) is 0 Å². The van der Waals surface area contributed by atoms with Gasteiger partial charge >= 0.3 is 0 Å². The van der Waals surface area contributed by atoms with Crippen molar-refractivity contribution in [1.82, 2.24) is 15.1 Å². The Kier molecular flexibility index (Phi) is 4.02. The predicted octanol–water partition coefficient (Wildman–Crippen LogP) is 1.73. The molecule has 1 aromatic heterocycles. The quantitative estimate of drug-likeness (QED) is 0.859. The number of rotatable bonds is 5. The van der Waals surface area contributed by atoms with E-state index in [1.165, 1.54) is 0 Å². The minimum atomic E-state index is -0.441. The molecule has 0 fully saturated rings. The van der Waals surface area contributed by atoms with E-state index >= 15 is 0 Å². The van der Waals surface area contributed by atoms with Crippen molar-refractivity contribution >= 4 is 0 Å². The number of aliphatic hydroxyl groups excluding tert-OH is 1. The molecule has 0 amide bonds. The summed E-state index contributed by atoms with van der Waals surface area (Å²) in [4.78, 5) is 0. The van der Waals surface area contributed by atoms with Crippen molar-refractivity contribution in [2.45, 2.75) is 25.9 Å². The van der Waals surface area contributed by atoms with Gasteiger partial charge in [0.05, 0.1) is 17.8 Å². The Hall–Kier alpha value is -1.65. The van der Waals surface area contributed by atoms with Crippen molar-refractivity contribution in [3.63, 3.8) is 0 Å². The van der Waals surface area contributed by atoms with Crippen LogP contribution >= 0.6 is 0 Å². The number of nitrogens with one attached hydrogen (secondary N) is 1.